The Bertz CT molecular complexity index is 728. The summed E-state index contributed by atoms with van der Waals surface area (Å²) in [6, 6.07) is 10.1. The molecule has 7 heteroatoms. The summed E-state index contributed by atoms with van der Waals surface area (Å²) in [6.45, 7) is 6.06. The number of hydrogen-bond acceptors (Lipinski definition) is 7. The fourth-order valence-electron chi connectivity index (χ4n) is 3.45. The molecule has 27 heavy (non-hydrogen) atoms. The van der Waals surface area contributed by atoms with E-state index in [1.54, 1.807) is 19.4 Å². The van der Waals surface area contributed by atoms with Crippen LogP contribution in [0.15, 0.2) is 36.5 Å². The molecule has 1 aromatic carbocycles. The van der Waals surface area contributed by atoms with Crippen molar-refractivity contribution < 1.29 is 14.6 Å². The zero-order chi connectivity index (χ0) is 19.1. The molecule has 1 atom stereocenters. The molecule has 1 saturated heterocycles. The summed E-state index contributed by atoms with van der Waals surface area (Å²) in [5.41, 5.74) is 1.17. The molecule has 146 valence electrons. The molecular formula is C20H28N4O3. The van der Waals surface area contributed by atoms with E-state index in [0.717, 1.165) is 31.9 Å². The maximum absolute atomic E-state index is 9.56. The monoisotopic (exact) mass is 372 g/mol. The van der Waals surface area contributed by atoms with Crippen LogP contribution in [0.25, 0.3) is 0 Å². The number of aromatic nitrogens is 2. The van der Waals surface area contributed by atoms with Crippen LogP contribution in [-0.4, -0.2) is 66.0 Å². The zero-order valence-electron chi connectivity index (χ0n) is 16.0. The van der Waals surface area contributed by atoms with E-state index in [1.165, 1.54) is 5.56 Å². The van der Waals surface area contributed by atoms with Gasteiger partial charge in [-0.3, -0.25) is 4.90 Å². The molecule has 0 amide bonds. The molecule has 0 unspecified atom stereocenters. The van der Waals surface area contributed by atoms with Crippen LogP contribution in [0.1, 0.15) is 18.9 Å². The van der Waals surface area contributed by atoms with Gasteiger partial charge in [-0.15, -0.1) is 0 Å². The van der Waals surface area contributed by atoms with Crippen molar-refractivity contribution in [2.75, 3.05) is 44.9 Å². The van der Waals surface area contributed by atoms with E-state index in [9.17, 15) is 5.11 Å². The van der Waals surface area contributed by atoms with Gasteiger partial charge in [0.25, 0.3) is 0 Å². The number of aliphatic hydroxyl groups excluding tert-OH is 1. The summed E-state index contributed by atoms with van der Waals surface area (Å²) in [6.07, 6.45) is 2.42. The van der Waals surface area contributed by atoms with Crippen LogP contribution >= 0.6 is 0 Å². The van der Waals surface area contributed by atoms with Crippen molar-refractivity contribution in [2.24, 2.45) is 0 Å². The van der Waals surface area contributed by atoms with Gasteiger partial charge in [0, 0.05) is 56.7 Å². The first-order valence-electron chi connectivity index (χ1n) is 9.42. The van der Waals surface area contributed by atoms with Crippen LogP contribution in [0.2, 0.25) is 0 Å². The molecule has 1 aliphatic heterocycles. The van der Waals surface area contributed by atoms with E-state index in [0.29, 0.717) is 24.9 Å². The van der Waals surface area contributed by atoms with E-state index in [1.807, 2.05) is 25.1 Å². The summed E-state index contributed by atoms with van der Waals surface area (Å²) in [7, 11) is 1.61. The van der Waals surface area contributed by atoms with E-state index in [-0.39, 0.29) is 12.6 Å². The Balaban J connectivity index is 1.73. The first-order valence-corrected chi connectivity index (χ1v) is 9.42. The Hall–Kier alpha value is -2.38. The molecule has 1 N–H and O–H groups in total. The van der Waals surface area contributed by atoms with Crippen LogP contribution in [0.5, 0.6) is 11.6 Å². The lowest BCUT2D eigenvalue weighted by molar-refractivity contribution is 0.133. The number of hydrogen-bond donors (Lipinski definition) is 1. The summed E-state index contributed by atoms with van der Waals surface area (Å²) >= 11 is 0. The average Bonchev–Trinajstić information content (AvgIpc) is 2.71. The number of piperazine rings is 1. The van der Waals surface area contributed by atoms with Crippen molar-refractivity contribution in [2.45, 2.75) is 25.9 Å². The lowest BCUT2D eigenvalue weighted by Gasteiger charge is -2.41. The molecule has 0 saturated carbocycles. The second kappa shape index (κ2) is 9.53. The van der Waals surface area contributed by atoms with Gasteiger partial charge in [-0.05, 0) is 19.4 Å². The van der Waals surface area contributed by atoms with Gasteiger partial charge in [-0.25, -0.2) is 4.98 Å². The summed E-state index contributed by atoms with van der Waals surface area (Å²) < 4.78 is 11.0. The van der Waals surface area contributed by atoms with Gasteiger partial charge in [0.05, 0.1) is 13.7 Å². The molecule has 2 aromatic rings. The highest BCUT2D eigenvalue weighted by Gasteiger charge is 2.28. The Morgan fingerprint density at radius 3 is 2.85 bits per heavy atom. The molecule has 7 nitrogen and oxygen atoms in total. The van der Waals surface area contributed by atoms with Crippen molar-refractivity contribution in [1.29, 1.82) is 0 Å². The van der Waals surface area contributed by atoms with Crippen molar-refractivity contribution in [3.8, 4) is 11.6 Å². The quantitative estimate of drug-likeness (QED) is 0.759. The number of benzene rings is 1. The van der Waals surface area contributed by atoms with E-state index in [4.69, 9.17) is 9.47 Å². The predicted molar refractivity (Wildman–Crippen MR) is 104 cm³/mol. The molecule has 3 rings (SSSR count). The average molecular weight is 372 g/mol. The summed E-state index contributed by atoms with van der Waals surface area (Å²) in [5.74, 6) is 2.17. The minimum absolute atomic E-state index is 0.154. The fraction of sp³-hybridized carbons (Fsp3) is 0.500. The molecular weight excluding hydrogens is 344 g/mol. The topological polar surface area (TPSA) is 71.0 Å². The van der Waals surface area contributed by atoms with Gasteiger partial charge in [0.1, 0.15) is 5.75 Å². The minimum atomic E-state index is 0.154. The molecule has 0 radical (unpaired) electrons. The molecule has 1 aliphatic rings. The van der Waals surface area contributed by atoms with Crippen LogP contribution in [0, 0.1) is 0 Å². The summed E-state index contributed by atoms with van der Waals surface area (Å²) in [5, 5.41) is 9.56. The number of para-hydroxylation sites is 1. The second-order valence-electron chi connectivity index (χ2n) is 6.52. The Labute approximate surface area is 160 Å². The van der Waals surface area contributed by atoms with Gasteiger partial charge in [0.2, 0.25) is 11.8 Å². The van der Waals surface area contributed by atoms with E-state index in [2.05, 4.69) is 25.8 Å². The highest BCUT2D eigenvalue weighted by Crippen LogP contribution is 2.24. The number of ether oxygens (including phenoxy) is 2. The van der Waals surface area contributed by atoms with Crippen molar-refractivity contribution >= 4 is 5.95 Å². The highest BCUT2D eigenvalue weighted by molar-refractivity contribution is 5.35. The smallest absolute Gasteiger partial charge is 0.228 e. The Kier molecular flexibility index (Phi) is 6.84. The van der Waals surface area contributed by atoms with E-state index < -0.39 is 0 Å². The van der Waals surface area contributed by atoms with Crippen molar-refractivity contribution in [1.82, 2.24) is 14.9 Å². The normalized spacial score (nSPS) is 17.7. The third kappa shape index (κ3) is 4.87. The molecule has 0 aliphatic carbocycles. The predicted octanol–water partition coefficient (Wildman–Crippen LogP) is 1.96. The maximum atomic E-state index is 9.56. The van der Waals surface area contributed by atoms with E-state index >= 15 is 0 Å². The van der Waals surface area contributed by atoms with Gasteiger partial charge < -0.3 is 19.5 Å². The molecule has 1 aromatic heterocycles. The lowest BCUT2D eigenvalue weighted by atomic mass is 10.1. The fourth-order valence-corrected chi connectivity index (χ4v) is 3.45. The first kappa shape index (κ1) is 19.4. The Morgan fingerprint density at radius 2 is 2.07 bits per heavy atom. The number of nitrogens with zero attached hydrogens (tertiary/aromatic N) is 4. The third-order valence-electron chi connectivity index (χ3n) is 4.82. The lowest BCUT2D eigenvalue weighted by Crippen LogP contribution is -2.53. The number of rotatable bonds is 8. The largest absolute Gasteiger partial charge is 0.494 e. The van der Waals surface area contributed by atoms with Gasteiger partial charge in [-0.2, -0.15) is 4.98 Å². The molecule has 0 bridgehead atoms. The van der Waals surface area contributed by atoms with Gasteiger partial charge in [0.15, 0.2) is 0 Å². The molecule has 1 fully saturated rings. The van der Waals surface area contributed by atoms with Crippen LogP contribution in [0.4, 0.5) is 5.95 Å². The second-order valence-corrected chi connectivity index (χ2v) is 6.52. The Morgan fingerprint density at radius 1 is 1.22 bits per heavy atom. The number of anilines is 1. The zero-order valence-corrected chi connectivity index (χ0v) is 16.0. The molecule has 2 heterocycles. The van der Waals surface area contributed by atoms with Crippen LogP contribution in [-0.2, 0) is 6.54 Å². The van der Waals surface area contributed by atoms with Crippen molar-refractivity contribution in [3.05, 3.63) is 42.1 Å². The number of aliphatic hydroxyl groups is 1. The van der Waals surface area contributed by atoms with Crippen LogP contribution < -0.4 is 14.4 Å². The summed E-state index contributed by atoms with van der Waals surface area (Å²) in [4.78, 5) is 13.4. The SMILES string of the molecule is CCOc1ccccc1CN1CCN(c2nccc(OC)n2)C[C@@H]1CCO. The standard InChI is InChI=1S/C20H28N4O3/c1-3-27-18-7-5-4-6-16(18)14-23-11-12-24(15-17(23)9-13-25)20-21-10-8-19(22-20)26-2/h4-8,10,17,25H,3,9,11-15H2,1-2H3/t17-/m0/s1. The van der Waals surface area contributed by atoms with Gasteiger partial charge in [-0.1, -0.05) is 18.2 Å². The number of methoxy groups -OCH3 is 1. The third-order valence-corrected chi connectivity index (χ3v) is 4.82. The minimum Gasteiger partial charge on any atom is -0.494 e. The van der Waals surface area contributed by atoms with Gasteiger partial charge >= 0.3 is 0 Å². The maximum Gasteiger partial charge on any atom is 0.228 e. The first-order chi connectivity index (χ1) is 13.2. The molecule has 0 spiro atoms. The van der Waals surface area contributed by atoms with Crippen molar-refractivity contribution in [3.63, 3.8) is 0 Å². The highest BCUT2D eigenvalue weighted by atomic mass is 16.5. The van der Waals surface area contributed by atoms with Crippen LogP contribution in [0.3, 0.4) is 0 Å².